The average Bonchev–Trinajstić information content (AvgIpc) is 3.26. The molecule has 8 heteroatoms. The smallest absolute Gasteiger partial charge is 0.257 e. The molecule has 1 aromatic carbocycles. The van der Waals surface area contributed by atoms with Crippen LogP contribution in [0.25, 0.3) is 0 Å². The molecule has 1 fully saturated rings. The number of hydrogen-bond acceptors (Lipinski definition) is 5. The maximum Gasteiger partial charge on any atom is 0.257 e. The predicted molar refractivity (Wildman–Crippen MR) is 105 cm³/mol. The molecule has 0 aliphatic carbocycles. The van der Waals surface area contributed by atoms with Gasteiger partial charge in [0.05, 0.1) is 23.3 Å². The Morgan fingerprint density at radius 3 is 2.54 bits per heavy atom. The van der Waals surface area contributed by atoms with E-state index in [1.165, 1.54) is 12.5 Å². The molecule has 2 heterocycles. The van der Waals surface area contributed by atoms with E-state index < -0.39 is 10.0 Å². The fourth-order valence-corrected chi connectivity index (χ4v) is 4.27. The van der Waals surface area contributed by atoms with Crippen LogP contribution in [0.2, 0.25) is 0 Å². The molecule has 1 amide bonds. The lowest BCUT2D eigenvalue weighted by Gasteiger charge is -2.31. The highest BCUT2D eigenvalue weighted by molar-refractivity contribution is 7.89. The van der Waals surface area contributed by atoms with Gasteiger partial charge in [0.2, 0.25) is 10.0 Å². The summed E-state index contributed by atoms with van der Waals surface area (Å²) in [5.74, 6) is 0.823. The van der Waals surface area contributed by atoms with Crippen molar-refractivity contribution in [1.29, 1.82) is 0 Å². The van der Waals surface area contributed by atoms with E-state index >= 15 is 0 Å². The van der Waals surface area contributed by atoms with E-state index in [1.54, 1.807) is 35.2 Å². The van der Waals surface area contributed by atoms with Gasteiger partial charge in [0.1, 0.15) is 12.0 Å². The van der Waals surface area contributed by atoms with Gasteiger partial charge in [0, 0.05) is 19.6 Å². The number of likely N-dealkylation sites (tertiary alicyclic amines) is 1. The molecule has 1 saturated heterocycles. The standard InChI is InChI=1S/C20H26N2O5S/c1-2-12-27-18-3-5-19(6-4-18)28(24,25)21-14-16-7-10-22(11-8-16)20(23)17-9-13-26-15-17/h3-6,9,13,15-16,21H,2,7-8,10-12,14H2,1H3. The molecular formula is C20H26N2O5S. The summed E-state index contributed by atoms with van der Waals surface area (Å²) in [5.41, 5.74) is 0.547. The van der Waals surface area contributed by atoms with Gasteiger partial charge >= 0.3 is 0 Å². The number of nitrogens with zero attached hydrogens (tertiary/aromatic N) is 1. The normalized spacial score (nSPS) is 15.5. The second-order valence-electron chi connectivity index (χ2n) is 6.92. The molecule has 28 heavy (non-hydrogen) atoms. The lowest BCUT2D eigenvalue weighted by atomic mass is 9.97. The predicted octanol–water partition coefficient (Wildman–Crippen LogP) is 2.90. The molecule has 1 N–H and O–H groups in total. The van der Waals surface area contributed by atoms with Crippen molar-refractivity contribution in [2.24, 2.45) is 5.92 Å². The molecule has 0 spiro atoms. The second-order valence-corrected chi connectivity index (χ2v) is 8.69. The van der Waals surface area contributed by atoms with E-state index in [0.29, 0.717) is 37.6 Å². The number of rotatable bonds is 8. The topological polar surface area (TPSA) is 88.9 Å². The molecular weight excluding hydrogens is 380 g/mol. The van der Waals surface area contributed by atoms with E-state index in [9.17, 15) is 13.2 Å². The number of carbonyl (C=O) groups is 1. The maximum absolute atomic E-state index is 12.5. The number of carbonyl (C=O) groups excluding carboxylic acids is 1. The second kappa shape index (κ2) is 9.25. The van der Waals surface area contributed by atoms with Gasteiger partial charge in [-0.1, -0.05) is 6.92 Å². The number of sulfonamides is 1. The van der Waals surface area contributed by atoms with Crippen LogP contribution < -0.4 is 9.46 Å². The van der Waals surface area contributed by atoms with Crippen molar-refractivity contribution >= 4 is 15.9 Å². The van der Waals surface area contributed by atoms with Gasteiger partial charge in [-0.25, -0.2) is 13.1 Å². The largest absolute Gasteiger partial charge is 0.494 e. The van der Waals surface area contributed by atoms with Crippen molar-refractivity contribution in [3.05, 3.63) is 48.4 Å². The molecule has 0 atom stereocenters. The number of nitrogens with one attached hydrogen (secondary N) is 1. The van der Waals surface area contributed by atoms with Gasteiger partial charge in [-0.15, -0.1) is 0 Å². The highest BCUT2D eigenvalue weighted by atomic mass is 32.2. The van der Waals surface area contributed by atoms with Crippen LogP contribution in [0.4, 0.5) is 0 Å². The molecule has 0 unspecified atom stereocenters. The summed E-state index contributed by atoms with van der Waals surface area (Å²) >= 11 is 0. The minimum Gasteiger partial charge on any atom is -0.494 e. The quantitative estimate of drug-likeness (QED) is 0.728. The minimum atomic E-state index is -3.56. The summed E-state index contributed by atoms with van der Waals surface area (Å²) in [6.45, 7) is 4.21. The number of amides is 1. The van der Waals surface area contributed by atoms with Crippen LogP contribution in [0.5, 0.6) is 5.75 Å². The van der Waals surface area contributed by atoms with Crippen LogP contribution in [0.1, 0.15) is 36.5 Å². The fourth-order valence-electron chi connectivity index (χ4n) is 3.15. The van der Waals surface area contributed by atoms with Crippen molar-refractivity contribution in [1.82, 2.24) is 9.62 Å². The van der Waals surface area contributed by atoms with E-state index in [4.69, 9.17) is 9.15 Å². The molecule has 152 valence electrons. The maximum atomic E-state index is 12.5. The first kappa shape index (κ1) is 20.4. The first-order valence-corrected chi connectivity index (χ1v) is 11.0. The highest BCUT2D eigenvalue weighted by Gasteiger charge is 2.25. The SMILES string of the molecule is CCCOc1ccc(S(=O)(=O)NCC2CCN(C(=O)c3ccoc3)CC2)cc1. The summed E-state index contributed by atoms with van der Waals surface area (Å²) in [4.78, 5) is 14.3. The molecule has 0 bridgehead atoms. The van der Waals surface area contributed by atoms with Crippen molar-refractivity contribution in [3.63, 3.8) is 0 Å². The Kier molecular flexibility index (Phi) is 6.74. The Balaban J connectivity index is 1.48. The van der Waals surface area contributed by atoms with Gasteiger partial charge in [-0.3, -0.25) is 4.79 Å². The zero-order valence-corrected chi connectivity index (χ0v) is 16.8. The Hall–Kier alpha value is -2.32. The lowest BCUT2D eigenvalue weighted by molar-refractivity contribution is 0.0691. The van der Waals surface area contributed by atoms with Crippen LogP contribution in [-0.2, 0) is 10.0 Å². The molecule has 7 nitrogen and oxygen atoms in total. The highest BCUT2D eigenvalue weighted by Crippen LogP contribution is 2.20. The number of benzene rings is 1. The Labute approximate surface area is 165 Å². The summed E-state index contributed by atoms with van der Waals surface area (Å²) in [6.07, 6.45) is 5.35. The molecule has 1 aromatic heterocycles. The van der Waals surface area contributed by atoms with Crippen LogP contribution in [-0.4, -0.2) is 45.5 Å². The summed E-state index contributed by atoms with van der Waals surface area (Å²) in [7, 11) is -3.56. The zero-order chi connectivity index (χ0) is 20.0. The van der Waals surface area contributed by atoms with Crippen molar-refractivity contribution in [3.8, 4) is 5.75 Å². The average molecular weight is 407 g/mol. The monoisotopic (exact) mass is 406 g/mol. The van der Waals surface area contributed by atoms with E-state index in [-0.39, 0.29) is 16.7 Å². The third-order valence-corrected chi connectivity index (χ3v) is 6.28. The number of hydrogen-bond donors (Lipinski definition) is 1. The van der Waals surface area contributed by atoms with Gasteiger partial charge < -0.3 is 14.1 Å². The molecule has 2 aromatic rings. The number of furan rings is 1. The lowest BCUT2D eigenvalue weighted by Crippen LogP contribution is -2.41. The third-order valence-electron chi connectivity index (χ3n) is 4.84. The number of ether oxygens (including phenoxy) is 1. The van der Waals surface area contributed by atoms with E-state index in [0.717, 1.165) is 19.3 Å². The summed E-state index contributed by atoms with van der Waals surface area (Å²) < 4.78 is 38.1. The molecule has 3 rings (SSSR count). The first-order valence-electron chi connectivity index (χ1n) is 9.53. The van der Waals surface area contributed by atoms with Crippen LogP contribution in [0.15, 0.2) is 52.2 Å². The van der Waals surface area contributed by atoms with Crippen molar-refractivity contribution in [2.75, 3.05) is 26.2 Å². The Bertz CT molecular complexity index is 855. The Morgan fingerprint density at radius 2 is 1.93 bits per heavy atom. The first-order chi connectivity index (χ1) is 13.5. The van der Waals surface area contributed by atoms with Crippen LogP contribution >= 0.6 is 0 Å². The van der Waals surface area contributed by atoms with Gasteiger partial charge in [-0.2, -0.15) is 0 Å². The number of piperidine rings is 1. The molecule has 0 radical (unpaired) electrons. The summed E-state index contributed by atoms with van der Waals surface area (Å²) in [5, 5.41) is 0. The van der Waals surface area contributed by atoms with Gasteiger partial charge in [0.25, 0.3) is 5.91 Å². The molecule has 0 saturated carbocycles. The zero-order valence-electron chi connectivity index (χ0n) is 16.0. The fraction of sp³-hybridized carbons (Fsp3) is 0.450. The van der Waals surface area contributed by atoms with E-state index in [2.05, 4.69) is 4.72 Å². The van der Waals surface area contributed by atoms with Gasteiger partial charge in [0.15, 0.2) is 0 Å². The van der Waals surface area contributed by atoms with Crippen molar-refractivity contribution in [2.45, 2.75) is 31.1 Å². The third kappa shape index (κ3) is 5.14. The summed E-state index contributed by atoms with van der Waals surface area (Å²) in [6, 6.07) is 8.11. The van der Waals surface area contributed by atoms with Gasteiger partial charge in [-0.05, 0) is 55.5 Å². The Morgan fingerprint density at radius 1 is 1.21 bits per heavy atom. The molecule has 1 aliphatic rings. The van der Waals surface area contributed by atoms with Crippen LogP contribution in [0.3, 0.4) is 0 Å². The molecule has 1 aliphatic heterocycles. The van der Waals surface area contributed by atoms with E-state index in [1.807, 2.05) is 6.92 Å². The van der Waals surface area contributed by atoms with Crippen molar-refractivity contribution < 1.29 is 22.4 Å². The minimum absolute atomic E-state index is 0.0434. The van der Waals surface area contributed by atoms with Crippen LogP contribution in [0, 0.1) is 5.92 Å².